The van der Waals surface area contributed by atoms with Gasteiger partial charge in [-0.2, -0.15) is 0 Å². The Morgan fingerprint density at radius 1 is 1.50 bits per heavy atom. The van der Waals surface area contributed by atoms with Gasteiger partial charge >= 0.3 is 0 Å². The monoisotopic (exact) mass is 135 g/mol. The number of aliphatic hydroxyl groups is 1. The quantitative estimate of drug-likeness (QED) is 0.518. The third-order valence-corrected chi connectivity index (χ3v) is 1.90. The van der Waals surface area contributed by atoms with Gasteiger partial charge in [0.05, 0.1) is 6.10 Å². The molecule has 0 heterocycles. The Balaban J connectivity index is 2.30. The number of hydrogen-bond acceptors (Lipinski definition) is 2. The molecule has 2 atom stereocenters. The van der Waals surface area contributed by atoms with Crippen molar-refractivity contribution < 1.29 is 5.11 Å². The number of halogens is 1. The van der Waals surface area contributed by atoms with E-state index in [-0.39, 0.29) is 12.1 Å². The fourth-order valence-corrected chi connectivity index (χ4v) is 1.32. The van der Waals surface area contributed by atoms with Crippen LogP contribution in [0.1, 0.15) is 19.3 Å². The molecule has 0 amide bonds. The Labute approximate surface area is 54.0 Å². The highest BCUT2D eigenvalue weighted by Crippen LogP contribution is 2.18. The molecule has 0 saturated heterocycles. The first-order chi connectivity index (χ1) is 3.84. The van der Waals surface area contributed by atoms with E-state index in [2.05, 4.69) is 4.84 Å². The average molecular weight is 136 g/mol. The van der Waals surface area contributed by atoms with E-state index >= 15 is 0 Å². The largest absolute Gasteiger partial charge is 0.391 e. The summed E-state index contributed by atoms with van der Waals surface area (Å²) < 4.78 is 0. The highest BCUT2D eigenvalue weighted by atomic mass is 35.5. The zero-order valence-electron chi connectivity index (χ0n) is 4.60. The maximum Gasteiger partial charge on any atom is 0.0705 e. The van der Waals surface area contributed by atoms with E-state index in [0.717, 1.165) is 19.3 Å². The first-order valence-corrected chi connectivity index (χ1v) is 3.26. The van der Waals surface area contributed by atoms with E-state index in [1.807, 2.05) is 0 Å². The van der Waals surface area contributed by atoms with Gasteiger partial charge in [-0.1, -0.05) is 0 Å². The standard InChI is InChI=1S/C5H10ClNO/c6-7-4-2-1-3-5(4)8/h4-5,7-8H,1-3H2/t4-,5-/m0/s1. The van der Waals surface area contributed by atoms with Crippen LogP contribution >= 0.6 is 11.8 Å². The Morgan fingerprint density at radius 3 is 2.50 bits per heavy atom. The summed E-state index contributed by atoms with van der Waals surface area (Å²) in [5.41, 5.74) is 0. The lowest BCUT2D eigenvalue weighted by Gasteiger charge is -2.09. The number of aliphatic hydroxyl groups excluding tert-OH is 1. The molecule has 0 radical (unpaired) electrons. The summed E-state index contributed by atoms with van der Waals surface area (Å²) in [5, 5.41) is 9.04. The van der Waals surface area contributed by atoms with E-state index in [1.54, 1.807) is 0 Å². The maximum atomic E-state index is 9.04. The van der Waals surface area contributed by atoms with Gasteiger partial charge in [0, 0.05) is 6.04 Å². The van der Waals surface area contributed by atoms with Crippen molar-refractivity contribution in [3.8, 4) is 0 Å². The summed E-state index contributed by atoms with van der Waals surface area (Å²) in [6, 6.07) is 0.136. The molecule has 0 spiro atoms. The summed E-state index contributed by atoms with van der Waals surface area (Å²) in [6.07, 6.45) is 2.77. The van der Waals surface area contributed by atoms with Crippen molar-refractivity contribution in [1.29, 1.82) is 0 Å². The SMILES string of the molecule is O[C@H]1CCC[C@@H]1NCl. The minimum absolute atomic E-state index is 0.136. The molecule has 0 aromatic heterocycles. The van der Waals surface area contributed by atoms with Crippen LogP contribution in [-0.2, 0) is 0 Å². The minimum Gasteiger partial charge on any atom is -0.391 e. The molecule has 1 aliphatic carbocycles. The lowest BCUT2D eigenvalue weighted by atomic mass is 10.2. The topological polar surface area (TPSA) is 32.3 Å². The van der Waals surface area contributed by atoms with Crippen molar-refractivity contribution in [2.24, 2.45) is 0 Å². The fraction of sp³-hybridized carbons (Fsp3) is 1.00. The fourth-order valence-electron chi connectivity index (χ4n) is 1.07. The molecule has 2 N–H and O–H groups in total. The van der Waals surface area contributed by atoms with Gasteiger partial charge in [-0.15, -0.1) is 0 Å². The van der Waals surface area contributed by atoms with Gasteiger partial charge in [0.1, 0.15) is 0 Å². The molecule has 1 aliphatic rings. The molecule has 8 heavy (non-hydrogen) atoms. The van der Waals surface area contributed by atoms with E-state index in [4.69, 9.17) is 16.9 Å². The van der Waals surface area contributed by atoms with Crippen LogP contribution in [0.2, 0.25) is 0 Å². The highest BCUT2D eigenvalue weighted by Gasteiger charge is 2.23. The number of hydrogen-bond donors (Lipinski definition) is 2. The smallest absolute Gasteiger partial charge is 0.0705 e. The molecule has 1 saturated carbocycles. The van der Waals surface area contributed by atoms with Crippen LogP contribution in [-0.4, -0.2) is 17.3 Å². The molecular weight excluding hydrogens is 126 g/mol. The normalized spacial score (nSPS) is 38.2. The Morgan fingerprint density at radius 2 is 2.25 bits per heavy atom. The third-order valence-electron chi connectivity index (χ3n) is 1.62. The van der Waals surface area contributed by atoms with E-state index in [1.165, 1.54) is 0 Å². The van der Waals surface area contributed by atoms with Crippen LogP contribution in [0, 0.1) is 0 Å². The molecule has 3 heteroatoms. The van der Waals surface area contributed by atoms with Crippen molar-refractivity contribution in [2.45, 2.75) is 31.4 Å². The first kappa shape index (κ1) is 6.33. The molecule has 1 fully saturated rings. The molecule has 0 aromatic rings. The van der Waals surface area contributed by atoms with Crippen molar-refractivity contribution in [1.82, 2.24) is 4.84 Å². The second-order valence-corrected chi connectivity index (χ2v) is 2.43. The van der Waals surface area contributed by atoms with Crippen LogP contribution < -0.4 is 4.84 Å². The van der Waals surface area contributed by atoms with Crippen LogP contribution in [0.25, 0.3) is 0 Å². The lowest BCUT2D eigenvalue weighted by molar-refractivity contribution is 0.159. The second kappa shape index (κ2) is 2.67. The molecule has 0 aliphatic heterocycles. The summed E-state index contributed by atoms with van der Waals surface area (Å²) >= 11 is 5.29. The van der Waals surface area contributed by atoms with Crippen molar-refractivity contribution in [3.05, 3.63) is 0 Å². The summed E-state index contributed by atoms with van der Waals surface area (Å²) in [4.78, 5) is 2.54. The summed E-state index contributed by atoms with van der Waals surface area (Å²) in [5.74, 6) is 0. The predicted molar refractivity (Wildman–Crippen MR) is 32.6 cm³/mol. The zero-order valence-corrected chi connectivity index (χ0v) is 5.36. The molecule has 0 unspecified atom stereocenters. The molecule has 48 valence electrons. The maximum absolute atomic E-state index is 9.04. The van der Waals surface area contributed by atoms with Crippen LogP contribution in [0.4, 0.5) is 0 Å². The van der Waals surface area contributed by atoms with Gasteiger partial charge in [-0.05, 0) is 31.0 Å². The molecule has 0 bridgehead atoms. The molecular formula is C5H10ClNO. The van der Waals surface area contributed by atoms with Gasteiger partial charge < -0.3 is 5.11 Å². The Bertz CT molecular complexity index is 78.8. The zero-order chi connectivity index (χ0) is 5.98. The van der Waals surface area contributed by atoms with Gasteiger partial charge in [0.2, 0.25) is 0 Å². The first-order valence-electron chi connectivity index (χ1n) is 2.89. The summed E-state index contributed by atoms with van der Waals surface area (Å²) in [6.45, 7) is 0. The number of rotatable bonds is 1. The minimum atomic E-state index is -0.215. The number of nitrogens with one attached hydrogen (secondary N) is 1. The average Bonchev–Trinajstić information content (AvgIpc) is 2.14. The molecule has 0 aromatic carbocycles. The Kier molecular flexibility index (Phi) is 2.11. The van der Waals surface area contributed by atoms with Gasteiger partial charge in [-0.25, -0.2) is 4.84 Å². The van der Waals surface area contributed by atoms with Crippen LogP contribution in [0.15, 0.2) is 0 Å². The summed E-state index contributed by atoms with van der Waals surface area (Å²) in [7, 11) is 0. The van der Waals surface area contributed by atoms with Crippen LogP contribution in [0.5, 0.6) is 0 Å². The Hall–Kier alpha value is 0.210. The van der Waals surface area contributed by atoms with Gasteiger partial charge in [0.25, 0.3) is 0 Å². The lowest BCUT2D eigenvalue weighted by Crippen LogP contribution is -2.28. The van der Waals surface area contributed by atoms with E-state index in [9.17, 15) is 0 Å². The third kappa shape index (κ3) is 1.13. The van der Waals surface area contributed by atoms with Crippen LogP contribution in [0.3, 0.4) is 0 Å². The molecule has 2 nitrogen and oxygen atoms in total. The van der Waals surface area contributed by atoms with Gasteiger partial charge in [-0.3, -0.25) is 0 Å². The van der Waals surface area contributed by atoms with E-state index in [0.29, 0.717) is 0 Å². The highest BCUT2D eigenvalue weighted by molar-refractivity contribution is 6.13. The second-order valence-electron chi connectivity index (χ2n) is 2.21. The van der Waals surface area contributed by atoms with E-state index < -0.39 is 0 Å². The van der Waals surface area contributed by atoms with Crippen molar-refractivity contribution in [2.75, 3.05) is 0 Å². The predicted octanol–water partition coefficient (Wildman–Crippen LogP) is 0.643. The van der Waals surface area contributed by atoms with Gasteiger partial charge in [0.15, 0.2) is 0 Å². The van der Waals surface area contributed by atoms with Crippen molar-refractivity contribution >= 4 is 11.8 Å². The van der Waals surface area contributed by atoms with Crippen molar-refractivity contribution in [3.63, 3.8) is 0 Å². The molecule has 1 rings (SSSR count).